The number of ether oxygens (including phenoxy) is 2. The summed E-state index contributed by atoms with van der Waals surface area (Å²) in [6.45, 7) is 1.70. The molecular formula is C17H18O3. The Labute approximate surface area is 118 Å². The first-order valence-electron chi connectivity index (χ1n) is 6.72. The van der Waals surface area contributed by atoms with Gasteiger partial charge in [0.1, 0.15) is 5.75 Å². The van der Waals surface area contributed by atoms with Crippen LogP contribution in [0.2, 0.25) is 0 Å². The number of hydrogen-bond acceptors (Lipinski definition) is 3. The summed E-state index contributed by atoms with van der Waals surface area (Å²) >= 11 is 0. The molecule has 1 N–H and O–H groups in total. The first-order valence-corrected chi connectivity index (χ1v) is 6.72. The summed E-state index contributed by atoms with van der Waals surface area (Å²) in [5.41, 5.74) is 3.02. The maximum atomic E-state index is 10.5. The van der Waals surface area contributed by atoms with E-state index in [4.69, 9.17) is 9.47 Å². The molecule has 3 heteroatoms. The van der Waals surface area contributed by atoms with Crippen molar-refractivity contribution in [3.63, 3.8) is 0 Å². The number of rotatable bonds is 2. The molecule has 2 unspecified atom stereocenters. The topological polar surface area (TPSA) is 38.7 Å². The maximum Gasteiger partial charge on any atom is 0.190 e. The summed E-state index contributed by atoms with van der Waals surface area (Å²) in [5, 5.41) is 10.5. The standard InChI is InChI=1S/C17H18O3/c1-17(18)15-6-4-3-5-13(15)11-16(20-17)12-7-9-14(19-2)10-8-12/h3-10,16,18H,11H2,1-2H3. The molecule has 0 saturated carbocycles. The monoisotopic (exact) mass is 270 g/mol. The maximum absolute atomic E-state index is 10.5. The zero-order valence-electron chi connectivity index (χ0n) is 11.7. The molecule has 2 aromatic rings. The van der Waals surface area contributed by atoms with Crippen LogP contribution >= 0.6 is 0 Å². The van der Waals surface area contributed by atoms with Crippen LogP contribution in [-0.2, 0) is 16.9 Å². The Morgan fingerprint density at radius 3 is 2.55 bits per heavy atom. The largest absolute Gasteiger partial charge is 0.497 e. The van der Waals surface area contributed by atoms with Crippen LogP contribution in [0.4, 0.5) is 0 Å². The second-order valence-electron chi connectivity index (χ2n) is 5.22. The molecular weight excluding hydrogens is 252 g/mol. The lowest BCUT2D eigenvalue weighted by Crippen LogP contribution is -2.34. The molecule has 0 amide bonds. The second kappa shape index (κ2) is 4.93. The Bertz CT molecular complexity index is 602. The minimum Gasteiger partial charge on any atom is -0.497 e. The molecule has 3 nitrogen and oxygen atoms in total. The first kappa shape index (κ1) is 13.2. The molecule has 1 aliphatic heterocycles. The van der Waals surface area contributed by atoms with Gasteiger partial charge in [-0.1, -0.05) is 36.4 Å². The zero-order chi connectivity index (χ0) is 14.2. The van der Waals surface area contributed by atoms with E-state index < -0.39 is 5.79 Å². The zero-order valence-corrected chi connectivity index (χ0v) is 11.7. The van der Waals surface area contributed by atoms with E-state index in [9.17, 15) is 5.11 Å². The number of benzene rings is 2. The highest BCUT2D eigenvalue weighted by molar-refractivity contribution is 5.36. The molecule has 0 radical (unpaired) electrons. The van der Waals surface area contributed by atoms with Crippen LogP contribution in [-0.4, -0.2) is 12.2 Å². The molecule has 104 valence electrons. The van der Waals surface area contributed by atoms with Crippen molar-refractivity contribution in [3.05, 3.63) is 65.2 Å². The van der Waals surface area contributed by atoms with Gasteiger partial charge in [-0.25, -0.2) is 0 Å². The van der Waals surface area contributed by atoms with Crippen molar-refractivity contribution in [1.82, 2.24) is 0 Å². The lowest BCUT2D eigenvalue weighted by atomic mass is 9.90. The van der Waals surface area contributed by atoms with Crippen LogP contribution in [0.15, 0.2) is 48.5 Å². The van der Waals surface area contributed by atoms with E-state index in [1.54, 1.807) is 14.0 Å². The number of fused-ring (bicyclic) bond motifs is 1. The van der Waals surface area contributed by atoms with Gasteiger partial charge in [0.2, 0.25) is 0 Å². The van der Waals surface area contributed by atoms with Crippen molar-refractivity contribution < 1.29 is 14.6 Å². The molecule has 0 fully saturated rings. The van der Waals surface area contributed by atoms with E-state index in [2.05, 4.69) is 0 Å². The normalized spacial score (nSPS) is 25.1. The summed E-state index contributed by atoms with van der Waals surface area (Å²) in [7, 11) is 1.65. The molecule has 0 saturated heterocycles. The fourth-order valence-electron chi connectivity index (χ4n) is 2.74. The summed E-state index contributed by atoms with van der Waals surface area (Å²) in [6, 6.07) is 15.7. The SMILES string of the molecule is COc1ccc(C2Cc3ccccc3C(C)(O)O2)cc1. The van der Waals surface area contributed by atoms with Gasteiger partial charge in [0.25, 0.3) is 0 Å². The van der Waals surface area contributed by atoms with Crippen LogP contribution in [0.25, 0.3) is 0 Å². The predicted molar refractivity (Wildman–Crippen MR) is 76.5 cm³/mol. The van der Waals surface area contributed by atoms with E-state index in [0.717, 1.165) is 28.9 Å². The minimum absolute atomic E-state index is 0.147. The molecule has 1 aliphatic rings. The number of aliphatic hydroxyl groups is 1. The lowest BCUT2D eigenvalue weighted by molar-refractivity contribution is -0.237. The van der Waals surface area contributed by atoms with Gasteiger partial charge in [0, 0.05) is 12.0 Å². The van der Waals surface area contributed by atoms with Gasteiger partial charge in [-0.05, 0) is 30.2 Å². The van der Waals surface area contributed by atoms with Crippen molar-refractivity contribution >= 4 is 0 Å². The summed E-state index contributed by atoms with van der Waals surface area (Å²) in [6.07, 6.45) is 0.615. The molecule has 20 heavy (non-hydrogen) atoms. The van der Waals surface area contributed by atoms with Crippen LogP contribution in [0.1, 0.15) is 29.7 Å². The predicted octanol–water partition coefficient (Wildman–Crippen LogP) is 3.17. The van der Waals surface area contributed by atoms with E-state index in [1.165, 1.54) is 0 Å². The van der Waals surface area contributed by atoms with Gasteiger partial charge < -0.3 is 14.6 Å². The van der Waals surface area contributed by atoms with Gasteiger partial charge >= 0.3 is 0 Å². The average molecular weight is 270 g/mol. The lowest BCUT2D eigenvalue weighted by Gasteiger charge is -2.36. The molecule has 2 aromatic carbocycles. The van der Waals surface area contributed by atoms with Crippen LogP contribution in [0.3, 0.4) is 0 Å². The Morgan fingerprint density at radius 1 is 1.15 bits per heavy atom. The van der Waals surface area contributed by atoms with Crippen molar-refractivity contribution in [2.75, 3.05) is 7.11 Å². The molecule has 0 aliphatic carbocycles. The Balaban J connectivity index is 1.94. The first-order chi connectivity index (χ1) is 9.60. The summed E-state index contributed by atoms with van der Waals surface area (Å²) in [4.78, 5) is 0. The Kier molecular flexibility index (Phi) is 3.24. The van der Waals surface area contributed by atoms with Crippen LogP contribution < -0.4 is 4.74 Å². The van der Waals surface area contributed by atoms with E-state index in [0.29, 0.717) is 0 Å². The molecule has 0 spiro atoms. The molecule has 0 bridgehead atoms. The van der Waals surface area contributed by atoms with Gasteiger partial charge in [-0.15, -0.1) is 0 Å². The van der Waals surface area contributed by atoms with Crippen molar-refractivity contribution in [2.45, 2.75) is 25.2 Å². The molecule has 1 heterocycles. The fourth-order valence-corrected chi connectivity index (χ4v) is 2.74. The molecule has 0 aromatic heterocycles. The highest BCUT2D eigenvalue weighted by Gasteiger charge is 2.35. The van der Waals surface area contributed by atoms with Gasteiger partial charge in [0.15, 0.2) is 5.79 Å². The second-order valence-corrected chi connectivity index (χ2v) is 5.22. The third-order valence-electron chi connectivity index (χ3n) is 3.78. The van der Waals surface area contributed by atoms with Crippen molar-refractivity contribution in [2.24, 2.45) is 0 Å². The van der Waals surface area contributed by atoms with Crippen molar-refractivity contribution in [3.8, 4) is 5.75 Å². The van der Waals surface area contributed by atoms with Crippen molar-refractivity contribution in [1.29, 1.82) is 0 Å². The Morgan fingerprint density at radius 2 is 1.85 bits per heavy atom. The number of hydrogen-bond donors (Lipinski definition) is 1. The summed E-state index contributed by atoms with van der Waals surface area (Å²) in [5.74, 6) is -0.434. The third kappa shape index (κ3) is 2.30. The van der Waals surface area contributed by atoms with Gasteiger partial charge in [-0.3, -0.25) is 0 Å². The van der Waals surface area contributed by atoms with E-state index in [1.807, 2.05) is 48.5 Å². The quantitative estimate of drug-likeness (QED) is 0.911. The minimum atomic E-state index is -1.25. The highest BCUT2D eigenvalue weighted by Crippen LogP contribution is 2.39. The highest BCUT2D eigenvalue weighted by atomic mass is 16.6. The fraction of sp³-hybridized carbons (Fsp3) is 0.294. The number of methoxy groups -OCH3 is 1. The summed E-state index contributed by atoms with van der Waals surface area (Å²) < 4.78 is 11.0. The van der Waals surface area contributed by atoms with E-state index >= 15 is 0 Å². The molecule has 3 rings (SSSR count). The van der Waals surface area contributed by atoms with E-state index in [-0.39, 0.29) is 6.10 Å². The van der Waals surface area contributed by atoms with Crippen LogP contribution in [0.5, 0.6) is 5.75 Å². The van der Waals surface area contributed by atoms with Crippen LogP contribution in [0, 0.1) is 0 Å². The third-order valence-corrected chi connectivity index (χ3v) is 3.78. The van der Waals surface area contributed by atoms with Gasteiger partial charge in [0.05, 0.1) is 13.2 Å². The Hall–Kier alpha value is -1.84. The smallest absolute Gasteiger partial charge is 0.190 e. The van der Waals surface area contributed by atoms with Gasteiger partial charge in [-0.2, -0.15) is 0 Å². The molecule has 2 atom stereocenters. The average Bonchev–Trinajstić information content (AvgIpc) is 2.47.